The van der Waals surface area contributed by atoms with E-state index >= 15 is 0 Å². The summed E-state index contributed by atoms with van der Waals surface area (Å²) in [5, 5.41) is 17.3. The maximum absolute atomic E-state index is 8.73. The second-order valence-electron chi connectivity index (χ2n) is 2.12. The zero-order chi connectivity index (χ0) is 8.97. The SMILES string of the molecule is N#CC(CO)c1ncc(Br)cn1. The molecule has 0 radical (unpaired) electrons. The van der Waals surface area contributed by atoms with Crippen LogP contribution in [0.15, 0.2) is 16.9 Å². The molecule has 1 unspecified atom stereocenters. The van der Waals surface area contributed by atoms with Crippen molar-refractivity contribution in [3.05, 3.63) is 22.7 Å². The van der Waals surface area contributed by atoms with E-state index < -0.39 is 5.92 Å². The minimum absolute atomic E-state index is 0.252. The molecule has 0 bridgehead atoms. The fourth-order valence-corrected chi connectivity index (χ4v) is 0.887. The van der Waals surface area contributed by atoms with Gasteiger partial charge in [-0.15, -0.1) is 0 Å². The van der Waals surface area contributed by atoms with Gasteiger partial charge in [0.2, 0.25) is 0 Å². The van der Waals surface area contributed by atoms with Crippen LogP contribution in [0.5, 0.6) is 0 Å². The van der Waals surface area contributed by atoms with Crippen LogP contribution in [0.4, 0.5) is 0 Å². The van der Waals surface area contributed by atoms with Crippen molar-refractivity contribution in [3.63, 3.8) is 0 Å². The van der Waals surface area contributed by atoms with Crippen LogP contribution in [0.25, 0.3) is 0 Å². The molecular weight excluding hydrogens is 222 g/mol. The standard InChI is InChI=1S/C7H6BrN3O/c8-6-2-10-7(11-3-6)5(1-9)4-12/h2-3,5,12H,4H2. The first-order chi connectivity index (χ1) is 5.77. The molecule has 0 aromatic carbocycles. The average Bonchev–Trinajstić information content (AvgIpc) is 2.10. The predicted octanol–water partition coefficient (Wildman–Crippen LogP) is 0.839. The van der Waals surface area contributed by atoms with Gasteiger partial charge in [0.15, 0.2) is 0 Å². The van der Waals surface area contributed by atoms with Crippen molar-refractivity contribution in [3.8, 4) is 6.07 Å². The highest BCUT2D eigenvalue weighted by Crippen LogP contribution is 2.10. The van der Waals surface area contributed by atoms with Gasteiger partial charge in [-0.25, -0.2) is 9.97 Å². The first-order valence-corrected chi connectivity index (χ1v) is 4.05. The van der Waals surface area contributed by atoms with Gasteiger partial charge in [0, 0.05) is 12.4 Å². The summed E-state index contributed by atoms with van der Waals surface area (Å²) in [6, 6.07) is 1.90. The Morgan fingerprint density at radius 2 is 2.17 bits per heavy atom. The topological polar surface area (TPSA) is 69.8 Å². The number of aliphatic hydroxyl groups is 1. The van der Waals surface area contributed by atoms with E-state index in [4.69, 9.17) is 10.4 Å². The molecule has 12 heavy (non-hydrogen) atoms. The van der Waals surface area contributed by atoms with Crippen LogP contribution in [0.2, 0.25) is 0 Å². The molecule has 0 spiro atoms. The van der Waals surface area contributed by atoms with Crippen molar-refractivity contribution in [1.29, 1.82) is 5.26 Å². The van der Waals surface area contributed by atoms with Crippen LogP contribution in [0.3, 0.4) is 0 Å². The lowest BCUT2D eigenvalue weighted by Gasteiger charge is -2.01. The Bertz CT molecular complexity index is 293. The summed E-state index contributed by atoms with van der Waals surface area (Å²) in [7, 11) is 0. The van der Waals surface area contributed by atoms with E-state index in [1.54, 1.807) is 12.4 Å². The second-order valence-corrected chi connectivity index (χ2v) is 3.04. The summed E-state index contributed by atoms with van der Waals surface area (Å²) < 4.78 is 0.751. The molecule has 0 aliphatic heterocycles. The maximum atomic E-state index is 8.73. The Morgan fingerprint density at radius 1 is 1.58 bits per heavy atom. The van der Waals surface area contributed by atoms with E-state index in [9.17, 15) is 0 Å². The molecule has 0 fully saturated rings. The molecule has 0 saturated carbocycles. The molecule has 0 aliphatic carbocycles. The van der Waals surface area contributed by atoms with E-state index in [2.05, 4.69) is 25.9 Å². The van der Waals surface area contributed by atoms with Crippen molar-refractivity contribution < 1.29 is 5.11 Å². The number of aromatic nitrogens is 2. The number of hydrogen-bond acceptors (Lipinski definition) is 4. The summed E-state index contributed by atoms with van der Waals surface area (Å²) in [4.78, 5) is 7.76. The monoisotopic (exact) mass is 227 g/mol. The minimum Gasteiger partial charge on any atom is -0.395 e. The van der Waals surface area contributed by atoms with Crippen LogP contribution in [0.1, 0.15) is 11.7 Å². The van der Waals surface area contributed by atoms with Crippen LogP contribution in [-0.2, 0) is 0 Å². The molecule has 1 aromatic heterocycles. The van der Waals surface area contributed by atoms with Crippen molar-refractivity contribution in [2.45, 2.75) is 5.92 Å². The first-order valence-electron chi connectivity index (χ1n) is 3.26. The van der Waals surface area contributed by atoms with E-state index in [-0.39, 0.29) is 6.61 Å². The largest absolute Gasteiger partial charge is 0.395 e. The highest BCUT2D eigenvalue weighted by atomic mass is 79.9. The van der Waals surface area contributed by atoms with Gasteiger partial charge in [-0.05, 0) is 15.9 Å². The van der Waals surface area contributed by atoms with Crippen LogP contribution < -0.4 is 0 Å². The zero-order valence-corrected chi connectivity index (χ0v) is 7.69. The lowest BCUT2D eigenvalue weighted by atomic mass is 10.2. The number of halogens is 1. The summed E-state index contributed by atoms with van der Waals surface area (Å²) in [5.74, 6) is -0.277. The Balaban J connectivity index is 2.89. The highest BCUT2D eigenvalue weighted by Gasteiger charge is 2.11. The summed E-state index contributed by atoms with van der Waals surface area (Å²) in [5.41, 5.74) is 0. The maximum Gasteiger partial charge on any atom is 0.147 e. The lowest BCUT2D eigenvalue weighted by molar-refractivity contribution is 0.282. The molecule has 1 heterocycles. The van der Waals surface area contributed by atoms with Crippen molar-refractivity contribution in [1.82, 2.24) is 9.97 Å². The van der Waals surface area contributed by atoms with Gasteiger partial charge in [0.25, 0.3) is 0 Å². The van der Waals surface area contributed by atoms with Crippen LogP contribution in [0, 0.1) is 11.3 Å². The number of nitrogens with zero attached hydrogens (tertiary/aromatic N) is 3. The zero-order valence-electron chi connectivity index (χ0n) is 6.11. The van der Waals surface area contributed by atoms with Gasteiger partial charge in [0.05, 0.1) is 17.1 Å². The van der Waals surface area contributed by atoms with Gasteiger partial charge in [-0.2, -0.15) is 5.26 Å². The van der Waals surface area contributed by atoms with E-state index in [0.717, 1.165) is 4.47 Å². The third kappa shape index (κ3) is 2.00. The molecule has 1 N–H and O–H groups in total. The van der Waals surface area contributed by atoms with Gasteiger partial charge < -0.3 is 5.11 Å². The first kappa shape index (κ1) is 9.10. The Kier molecular flexibility index (Phi) is 3.14. The normalized spacial score (nSPS) is 12.1. The van der Waals surface area contributed by atoms with E-state index in [0.29, 0.717) is 5.82 Å². The molecule has 1 aromatic rings. The quantitative estimate of drug-likeness (QED) is 0.814. The fourth-order valence-electron chi connectivity index (χ4n) is 0.682. The smallest absolute Gasteiger partial charge is 0.147 e. The number of aliphatic hydroxyl groups excluding tert-OH is 1. The number of rotatable bonds is 2. The molecule has 62 valence electrons. The van der Waals surface area contributed by atoms with Gasteiger partial charge >= 0.3 is 0 Å². The Hall–Kier alpha value is -0.990. The number of nitriles is 1. The average molecular weight is 228 g/mol. The van der Waals surface area contributed by atoms with Crippen LogP contribution >= 0.6 is 15.9 Å². The van der Waals surface area contributed by atoms with Crippen molar-refractivity contribution >= 4 is 15.9 Å². The molecular formula is C7H6BrN3O. The third-order valence-electron chi connectivity index (χ3n) is 1.29. The minimum atomic E-state index is -0.627. The highest BCUT2D eigenvalue weighted by molar-refractivity contribution is 9.10. The Morgan fingerprint density at radius 3 is 2.58 bits per heavy atom. The summed E-state index contributed by atoms with van der Waals surface area (Å²) in [6.07, 6.45) is 3.09. The Labute approximate surface area is 78.0 Å². The van der Waals surface area contributed by atoms with E-state index in [1.165, 1.54) is 0 Å². The predicted molar refractivity (Wildman–Crippen MR) is 45.2 cm³/mol. The third-order valence-corrected chi connectivity index (χ3v) is 1.70. The molecule has 0 saturated heterocycles. The van der Waals surface area contributed by atoms with Gasteiger partial charge in [0.1, 0.15) is 11.7 Å². The van der Waals surface area contributed by atoms with Gasteiger partial charge in [-0.1, -0.05) is 0 Å². The molecule has 0 amide bonds. The summed E-state index contributed by atoms with van der Waals surface area (Å²) >= 11 is 3.17. The second kappa shape index (κ2) is 4.14. The molecule has 0 aliphatic rings. The molecule has 1 rings (SSSR count). The van der Waals surface area contributed by atoms with E-state index in [1.807, 2.05) is 6.07 Å². The van der Waals surface area contributed by atoms with Crippen molar-refractivity contribution in [2.24, 2.45) is 0 Å². The van der Waals surface area contributed by atoms with Gasteiger partial charge in [-0.3, -0.25) is 0 Å². The molecule has 5 heteroatoms. The van der Waals surface area contributed by atoms with Crippen LogP contribution in [-0.4, -0.2) is 21.7 Å². The summed E-state index contributed by atoms with van der Waals surface area (Å²) in [6.45, 7) is -0.252. The molecule has 1 atom stereocenters. The molecule has 4 nitrogen and oxygen atoms in total. The van der Waals surface area contributed by atoms with Crippen molar-refractivity contribution in [2.75, 3.05) is 6.61 Å². The number of hydrogen-bond donors (Lipinski definition) is 1. The lowest BCUT2D eigenvalue weighted by Crippen LogP contribution is -2.05. The fraction of sp³-hybridized carbons (Fsp3) is 0.286.